The number of nitrogens with one attached hydrogen (secondary N) is 1. The van der Waals surface area contributed by atoms with Crippen LogP contribution in [0.1, 0.15) is 19.2 Å². The number of nitrogens with zero attached hydrogens (tertiary/aromatic N) is 2. The molecule has 0 spiro atoms. The third kappa shape index (κ3) is 2.65. The molecular weight excluding hydrogens is 212 g/mol. The van der Waals surface area contributed by atoms with Crippen LogP contribution in [0.2, 0.25) is 0 Å². The Morgan fingerprint density at radius 2 is 2.18 bits per heavy atom. The predicted octanol–water partition coefficient (Wildman–Crippen LogP) is 1.49. The molecule has 0 saturated carbocycles. The van der Waals surface area contributed by atoms with Gasteiger partial charge in [-0.05, 0) is 38.6 Å². The fourth-order valence-electron chi connectivity index (χ4n) is 2.04. The molecule has 0 fully saturated rings. The molecule has 0 unspecified atom stereocenters. The largest absolute Gasteiger partial charge is 0.330 e. The van der Waals surface area contributed by atoms with Gasteiger partial charge >= 0.3 is 0 Å². The van der Waals surface area contributed by atoms with Gasteiger partial charge in [0.2, 0.25) is 0 Å². The molecular formula is C13H20N4. The maximum absolute atomic E-state index is 5.46. The van der Waals surface area contributed by atoms with Crippen LogP contribution >= 0.6 is 0 Å². The van der Waals surface area contributed by atoms with Crippen molar-refractivity contribution in [1.82, 2.24) is 14.9 Å². The lowest BCUT2D eigenvalue weighted by Gasteiger charge is -2.06. The van der Waals surface area contributed by atoms with E-state index in [1.807, 2.05) is 6.07 Å². The molecule has 1 aromatic carbocycles. The van der Waals surface area contributed by atoms with Gasteiger partial charge in [0.15, 0.2) is 0 Å². The molecule has 17 heavy (non-hydrogen) atoms. The zero-order valence-corrected chi connectivity index (χ0v) is 10.3. The quantitative estimate of drug-likeness (QED) is 0.742. The summed E-state index contributed by atoms with van der Waals surface area (Å²) in [5.74, 6) is 1.10. The minimum atomic E-state index is 0.733. The van der Waals surface area contributed by atoms with Gasteiger partial charge < -0.3 is 15.6 Å². The molecule has 1 heterocycles. The number of fused-ring (bicyclic) bond motifs is 1. The van der Waals surface area contributed by atoms with Crippen molar-refractivity contribution >= 4 is 11.0 Å². The monoisotopic (exact) mass is 232 g/mol. The molecule has 0 aliphatic rings. The van der Waals surface area contributed by atoms with Crippen LogP contribution in [0.15, 0.2) is 24.3 Å². The lowest BCUT2D eigenvalue weighted by molar-refractivity contribution is 0.605. The van der Waals surface area contributed by atoms with Crippen molar-refractivity contribution in [3.8, 4) is 0 Å². The van der Waals surface area contributed by atoms with Crippen LogP contribution in [-0.4, -0.2) is 22.6 Å². The van der Waals surface area contributed by atoms with Crippen LogP contribution in [0.3, 0.4) is 0 Å². The summed E-state index contributed by atoms with van der Waals surface area (Å²) in [4.78, 5) is 4.65. The van der Waals surface area contributed by atoms with E-state index in [4.69, 9.17) is 5.73 Å². The zero-order chi connectivity index (χ0) is 12.1. The van der Waals surface area contributed by atoms with E-state index in [1.165, 1.54) is 5.52 Å². The number of rotatable bonds is 6. The van der Waals surface area contributed by atoms with Gasteiger partial charge in [-0.1, -0.05) is 12.1 Å². The van der Waals surface area contributed by atoms with Crippen molar-refractivity contribution in [2.24, 2.45) is 5.73 Å². The Hall–Kier alpha value is -1.39. The third-order valence-electron chi connectivity index (χ3n) is 2.89. The average molecular weight is 232 g/mol. The third-order valence-corrected chi connectivity index (χ3v) is 2.89. The normalized spacial score (nSPS) is 11.2. The summed E-state index contributed by atoms with van der Waals surface area (Å²) in [6.45, 7) is 5.59. The van der Waals surface area contributed by atoms with Gasteiger partial charge in [0.1, 0.15) is 5.82 Å². The summed E-state index contributed by atoms with van der Waals surface area (Å²) < 4.78 is 2.25. The molecule has 0 bridgehead atoms. The van der Waals surface area contributed by atoms with Gasteiger partial charge in [0, 0.05) is 6.54 Å². The van der Waals surface area contributed by atoms with Crippen LogP contribution in [0.4, 0.5) is 0 Å². The second-order valence-electron chi connectivity index (χ2n) is 4.08. The highest BCUT2D eigenvalue weighted by atomic mass is 15.1. The first-order chi connectivity index (χ1) is 8.36. The van der Waals surface area contributed by atoms with E-state index in [1.54, 1.807) is 0 Å². The number of hydrogen-bond donors (Lipinski definition) is 2. The van der Waals surface area contributed by atoms with Crippen molar-refractivity contribution in [3.05, 3.63) is 30.1 Å². The number of aromatic nitrogens is 2. The first-order valence-electron chi connectivity index (χ1n) is 6.21. The van der Waals surface area contributed by atoms with E-state index in [0.717, 1.165) is 43.9 Å². The molecule has 4 heteroatoms. The Morgan fingerprint density at radius 1 is 1.35 bits per heavy atom. The van der Waals surface area contributed by atoms with Crippen molar-refractivity contribution in [3.63, 3.8) is 0 Å². The van der Waals surface area contributed by atoms with Crippen LogP contribution in [0.25, 0.3) is 11.0 Å². The Morgan fingerprint density at radius 3 is 2.94 bits per heavy atom. The maximum atomic E-state index is 5.46. The second-order valence-corrected chi connectivity index (χ2v) is 4.08. The minimum absolute atomic E-state index is 0.733. The first kappa shape index (κ1) is 12.1. The van der Waals surface area contributed by atoms with Gasteiger partial charge in [-0.3, -0.25) is 0 Å². The first-order valence-corrected chi connectivity index (χ1v) is 6.21. The molecule has 0 atom stereocenters. The Balaban J connectivity index is 2.15. The lowest BCUT2D eigenvalue weighted by Crippen LogP contribution is -2.20. The van der Waals surface area contributed by atoms with E-state index >= 15 is 0 Å². The van der Waals surface area contributed by atoms with Gasteiger partial charge in [-0.2, -0.15) is 0 Å². The van der Waals surface area contributed by atoms with E-state index in [0.29, 0.717) is 0 Å². The molecule has 4 nitrogen and oxygen atoms in total. The van der Waals surface area contributed by atoms with Crippen LogP contribution < -0.4 is 11.1 Å². The van der Waals surface area contributed by atoms with E-state index in [9.17, 15) is 0 Å². The number of para-hydroxylation sites is 2. The number of nitrogens with two attached hydrogens (primary N) is 1. The Labute approximate surface area is 102 Å². The van der Waals surface area contributed by atoms with Gasteiger partial charge in [0.25, 0.3) is 0 Å². The molecule has 2 aromatic rings. The Bertz CT molecular complexity index is 475. The summed E-state index contributed by atoms with van der Waals surface area (Å²) in [6, 6.07) is 8.27. The van der Waals surface area contributed by atoms with E-state index < -0.39 is 0 Å². The average Bonchev–Trinajstić information content (AvgIpc) is 2.72. The van der Waals surface area contributed by atoms with Crippen LogP contribution in [-0.2, 0) is 13.1 Å². The standard InChI is InChI=1S/C13H20N4/c1-2-17-12-7-4-3-6-11(12)16-13(17)10-15-9-5-8-14/h3-4,6-7,15H,2,5,8-10,14H2,1H3. The van der Waals surface area contributed by atoms with E-state index in [2.05, 4.69) is 40.0 Å². The number of benzene rings is 1. The van der Waals surface area contributed by atoms with Gasteiger partial charge in [-0.25, -0.2) is 4.98 Å². The molecule has 1 aromatic heterocycles. The van der Waals surface area contributed by atoms with Crippen LogP contribution in [0, 0.1) is 0 Å². The molecule has 0 aliphatic carbocycles. The molecule has 0 amide bonds. The van der Waals surface area contributed by atoms with Gasteiger partial charge in [0.05, 0.1) is 17.6 Å². The van der Waals surface area contributed by atoms with E-state index in [-0.39, 0.29) is 0 Å². The molecule has 0 saturated heterocycles. The smallest absolute Gasteiger partial charge is 0.123 e. The minimum Gasteiger partial charge on any atom is -0.330 e. The topological polar surface area (TPSA) is 55.9 Å². The van der Waals surface area contributed by atoms with Crippen LogP contribution in [0.5, 0.6) is 0 Å². The summed E-state index contributed by atoms with van der Waals surface area (Å²) in [6.07, 6.45) is 1.01. The van der Waals surface area contributed by atoms with Crippen molar-refractivity contribution in [1.29, 1.82) is 0 Å². The van der Waals surface area contributed by atoms with Crippen molar-refractivity contribution < 1.29 is 0 Å². The second kappa shape index (κ2) is 5.80. The molecule has 2 rings (SSSR count). The molecule has 3 N–H and O–H groups in total. The Kier molecular flexibility index (Phi) is 4.12. The number of imidazole rings is 1. The summed E-state index contributed by atoms with van der Waals surface area (Å²) in [5, 5.41) is 3.37. The van der Waals surface area contributed by atoms with Crippen molar-refractivity contribution in [2.45, 2.75) is 26.4 Å². The molecule has 0 aliphatic heterocycles. The highest BCUT2D eigenvalue weighted by molar-refractivity contribution is 5.75. The highest BCUT2D eigenvalue weighted by Crippen LogP contribution is 2.15. The molecule has 0 radical (unpaired) electrons. The van der Waals surface area contributed by atoms with Gasteiger partial charge in [-0.15, -0.1) is 0 Å². The summed E-state index contributed by atoms with van der Waals surface area (Å²) in [7, 11) is 0. The zero-order valence-electron chi connectivity index (χ0n) is 10.3. The summed E-state index contributed by atoms with van der Waals surface area (Å²) in [5.41, 5.74) is 7.75. The fourth-order valence-corrected chi connectivity index (χ4v) is 2.04. The fraction of sp³-hybridized carbons (Fsp3) is 0.462. The predicted molar refractivity (Wildman–Crippen MR) is 70.8 cm³/mol. The highest BCUT2D eigenvalue weighted by Gasteiger charge is 2.07. The van der Waals surface area contributed by atoms with Crippen molar-refractivity contribution in [2.75, 3.05) is 13.1 Å². The number of hydrogen-bond acceptors (Lipinski definition) is 3. The SMILES string of the molecule is CCn1c(CNCCCN)nc2ccccc21. The number of aryl methyl sites for hydroxylation is 1. The lowest BCUT2D eigenvalue weighted by atomic mass is 10.3. The molecule has 92 valence electrons. The summed E-state index contributed by atoms with van der Waals surface area (Å²) >= 11 is 0. The maximum Gasteiger partial charge on any atom is 0.123 e.